The summed E-state index contributed by atoms with van der Waals surface area (Å²) in [6.45, 7) is 0.806. The summed E-state index contributed by atoms with van der Waals surface area (Å²) in [5.74, 6) is 0.643. The number of hydrogen-bond acceptors (Lipinski definition) is 5. The average molecular weight is 240 g/mol. The molecule has 0 saturated carbocycles. The van der Waals surface area contributed by atoms with Crippen molar-refractivity contribution in [3.63, 3.8) is 0 Å². The molecule has 0 fully saturated rings. The van der Waals surface area contributed by atoms with Crippen molar-refractivity contribution >= 4 is 0 Å². The minimum absolute atomic E-state index is 0.176. The van der Waals surface area contributed by atoms with E-state index in [9.17, 15) is 0 Å². The predicted octanol–water partition coefficient (Wildman–Crippen LogP) is 1.86. The molecule has 0 aliphatic carbocycles. The van der Waals surface area contributed by atoms with E-state index in [-0.39, 0.29) is 11.7 Å². The van der Waals surface area contributed by atoms with E-state index in [4.69, 9.17) is 10.00 Å². The second-order valence-corrected chi connectivity index (χ2v) is 3.61. The van der Waals surface area contributed by atoms with Crippen LogP contribution in [0.2, 0.25) is 0 Å². The topological polar surface area (TPSA) is 70.8 Å². The second kappa shape index (κ2) is 5.75. The van der Waals surface area contributed by atoms with E-state index in [1.54, 1.807) is 0 Å². The summed E-state index contributed by atoms with van der Waals surface area (Å²) in [6.07, 6.45) is 1.50. The number of aromatic nitrogens is 2. The molecule has 5 nitrogen and oxygen atoms in total. The third-order valence-electron chi connectivity index (χ3n) is 2.26. The minimum Gasteiger partial charge on any atom is -0.424 e. The van der Waals surface area contributed by atoms with Crippen molar-refractivity contribution in [3.8, 4) is 17.8 Å². The number of nitriles is 1. The minimum atomic E-state index is 0.176. The van der Waals surface area contributed by atoms with Gasteiger partial charge in [0, 0.05) is 12.7 Å². The maximum absolute atomic E-state index is 8.72. The van der Waals surface area contributed by atoms with Crippen LogP contribution in [0, 0.1) is 11.3 Å². The number of ether oxygens (including phenoxy) is 1. The van der Waals surface area contributed by atoms with Crippen molar-refractivity contribution < 1.29 is 4.74 Å². The van der Waals surface area contributed by atoms with Gasteiger partial charge in [-0.1, -0.05) is 12.1 Å². The van der Waals surface area contributed by atoms with Gasteiger partial charge in [-0.05, 0) is 30.8 Å². The molecular weight excluding hydrogens is 228 g/mol. The number of nitrogens with one attached hydrogen (secondary N) is 1. The molecule has 0 aliphatic heterocycles. The molecule has 0 amide bonds. The fourth-order valence-electron chi connectivity index (χ4n) is 1.44. The fourth-order valence-corrected chi connectivity index (χ4v) is 1.44. The highest BCUT2D eigenvalue weighted by molar-refractivity contribution is 5.29. The van der Waals surface area contributed by atoms with Gasteiger partial charge in [0.15, 0.2) is 0 Å². The first-order valence-corrected chi connectivity index (χ1v) is 5.46. The van der Waals surface area contributed by atoms with Crippen molar-refractivity contribution in [2.75, 3.05) is 7.05 Å². The summed E-state index contributed by atoms with van der Waals surface area (Å²) in [7, 11) is 1.89. The van der Waals surface area contributed by atoms with E-state index in [2.05, 4.69) is 15.3 Å². The Morgan fingerprint density at radius 2 is 2.06 bits per heavy atom. The van der Waals surface area contributed by atoms with Crippen LogP contribution in [0.25, 0.3) is 0 Å². The maximum atomic E-state index is 8.72. The lowest BCUT2D eigenvalue weighted by atomic mass is 10.2. The first kappa shape index (κ1) is 12.0. The lowest BCUT2D eigenvalue weighted by Gasteiger charge is -2.04. The van der Waals surface area contributed by atoms with Gasteiger partial charge < -0.3 is 10.1 Å². The van der Waals surface area contributed by atoms with Gasteiger partial charge in [0.2, 0.25) is 0 Å². The summed E-state index contributed by atoms with van der Waals surface area (Å²) in [6, 6.07) is 11.2. The summed E-state index contributed by atoms with van der Waals surface area (Å²) in [4.78, 5) is 7.88. The van der Waals surface area contributed by atoms with Crippen molar-refractivity contribution in [2.24, 2.45) is 0 Å². The van der Waals surface area contributed by atoms with E-state index in [0.717, 1.165) is 12.1 Å². The van der Waals surface area contributed by atoms with E-state index in [1.165, 1.54) is 12.3 Å². The van der Waals surface area contributed by atoms with Gasteiger partial charge in [-0.2, -0.15) is 10.2 Å². The molecule has 0 radical (unpaired) electrons. The molecule has 1 aromatic heterocycles. The molecule has 0 spiro atoms. The molecule has 1 aromatic carbocycles. The van der Waals surface area contributed by atoms with Crippen LogP contribution < -0.4 is 10.1 Å². The third kappa shape index (κ3) is 3.03. The monoisotopic (exact) mass is 240 g/mol. The SMILES string of the molecule is CNCc1ccc(Oc2nccc(C#N)n2)cc1. The van der Waals surface area contributed by atoms with Gasteiger partial charge in [-0.3, -0.25) is 0 Å². The molecule has 2 aromatic rings. The summed E-state index contributed by atoms with van der Waals surface area (Å²) < 4.78 is 5.46. The van der Waals surface area contributed by atoms with E-state index in [1.807, 2.05) is 37.4 Å². The maximum Gasteiger partial charge on any atom is 0.323 e. The zero-order valence-corrected chi connectivity index (χ0v) is 9.92. The molecule has 90 valence electrons. The molecule has 0 aliphatic rings. The van der Waals surface area contributed by atoms with Crippen LogP contribution in [-0.2, 0) is 6.54 Å². The highest BCUT2D eigenvalue weighted by Gasteiger charge is 2.01. The molecule has 18 heavy (non-hydrogen) atoms. The Balaban J connectivity index is 2.11. The predicted molar refractivity (Wildman–Crippen MR) is 66.0 cm³/mol. The highest BCUT2D eigenvalue weighted by atomic mass is 16.5. The Labute approximate surface area is 105 Å². The van der Waals surface area contributed by atoms with Crippen LogP contribution in [0.15, 0.2) is 36.5 Å². The molecule has 5 heteroatoms. The summed E-state index contributed by atoms with van der Waals surface area (Å²) >= 11 is 0. The van der Waals surface area contributed by atoms with Gasteiger partial charge >= 0.3 is 6.01 Å². The standard InChI is InChI=1S/C13H12N4O/c1-15-9-10-2-4-12(5-3-10)18-13-16-7-6-11(8-14)17-13/h2-7,15H,9H2,1H3. The number of hydrogen-bond donors (Lipinski definition) is 1. The van der Waals surface area contributed by atoms with E-state index >= 15 is 0 Å². The van der Waals surface area contributed by atoms with E-state index < -0.39 is 0 Å². The Kier molecular flexibility index (Phi) is 3.84. The highest BCUT2D eigenvalue weighted by Crippen LogP contribution is 2.18. The van der Waals surface area contributed by atoms with Crippen LogP contribution in [-0.4, -0.2) is 17.0 Å². The van der Waals surface area contributed by atoms with Gasteiger partial charge in [-0.15, -0.1) is 0 Å². The smallest absolute Gasteiger partial charge is 0.323 e. The van der Waals surface area contributed by atoms with Gasteiger partial charge in [0.1, 0.15) is 17.5 Å². The Morgan fingerprint density at radius 3 is 2.72 bits per heavy atom. The fraction of sp³-hybridized carbons (Fsp3) is 0.154. The molecule has 1 N–H and O–H groups in total. The number of rotatable bonds is 4. The van der Waals surface area contributed by atoms with Crippen molar-refractivity contribution in [3.05, 3.63) is 47.8 Å². The Hall–Kier alpha value is -2.45. The quantitative estimate of drug-likeness (QED) is 0.883. The molecule has 0 bridgehead atoms. The van der Waals surface area contributed by atoms with Gasteiger partial charge in [-0.25, -0.2) is 4.98 Å². The van der Waals surface area contributed by atoms with Crippen LogP contribution in [0.3, 0.4) is 0 Å². The van der Waals surface area contributed by atoms with Crippen molar-refractivity contribution in [1.29, 1.82) is 5.26 Å². The Morgan fingerprint density at radius 1 is 1.28 bits per heavy atom. The summed E-state index contributed by atoms with van der Waals surface area (Å²) in [5, 5.41) is 11.8. The van der Waals surface area contributed by atoms with Crippen LogP contribution in [0.5, 0.6) is 11.8 Å². The normalized spacial score (nSPS) is 9.78. The molecule has 1 heterocycles. The number of benzene rings is 1. The lowest BCUT2D eigenvalue weighted by Crippen LogP contribution is -2.04. The number of nitrogens with zero attached hydrogens (tertiary/aromatic N) is 3. The lowest BCUT2D eigenvalue weighted by molar-refractivity contribution is 0.441. The average Bonchev–Trinajstić information content (AvgIpc) is 2.42. The molecule has 0 unspecified atom stereocenters. The molecular formula is C13H12N4O. The molecule has 2 rings (SSSR count). The molecule has 0 atom stereocenters. The van der Waals surface area contributed by atoms with Gasteiger partial charge in [0.05, 0.1) is 0 Å². The van der Waals surface area contributed by atoms with Crippen LogP contribution in [0.4, 0.5) is 0 Å². The largest absolute Gasteiger partial charge is 0.424 e. The first-order chi connectivity index (χ1) is 8.81. The van der Waals surface area contributed by atoms with Crippen LogP contribution in [0.1, 0.15) is 11.3 Å². The molecule has 0 saturated heterocycles. The van der Waals surface area contributed by atoms with E-state index in [0.29, 0.717) is 5.75 Å². The third-order valence-corrected chi connectivity index (χ3v) is 2.26. The van der Waals surface area contributed by atoms with Gasteiger partial charge in [0.25, 0.3) is 0 Å². The van der Waals surface area contributed by atoms with Crippen molar-refractivity contribution in [1.82, 2.24) is 15.3 Å². The zero-order valence-electron chi connectivity index (χ0n) is 9.92. The first-order valence-electron chi connectivity index (χ1n) is 5.46. The summed E-state index contributed by atoms with van der Waals surface area (Å²) in [5.41, 5.74) is 1.45. The van der Waals surface area contributed by atoms with Crippen LogP contribution >= 0.6 is 0 Å². The van der Waals surface area contributed by atoms with Crippen molar-refractivity contribution in [2.45, 2.75) is 6.54 Å². The Bertz CT molecular complexity index is 560. The second-order valence-electron chi connectivity index (χ2n) is 3.61. The zero-order chi connectivity index (χ0) is 12.8.